The van der Waals surface area contributed by atoms with Gasteiger partial charge in [0, 0.05) is 18.1 Å². The van der Waals surface area contributed by atoms with Gasteiger partial charge in [-0.15, -0.1) is 0 Å². The Morgan fingerprint density at radius 3 is 2.43 bits per heavy atom. The van der Waals surface area contributed by atoms with Gasteiger partial charge in [0.25, 0.3) is 0 Å². The van der Waals surface area contributed by atoms with Crippen LogP contribution in [-0.4, -0.2) is 36.1 Å². The van der Waals surface area contributed by atoms with Crippen molar-refractivity contribution in [2.24, 2.45) is 5.73 Å². The van der Waals surface area contributed by atoms with Gasteiger partial charge < -0.3 is 10.5 Å². The fraction of sp³-hybridized carbons (Fsp3) is 0.588. The van der Waals surface area contributed by atoms with E-state index in [0.29, 0.717) is 12.1 Å². The molecule has 3 rings (SSSR count). The first-order valence-corrected chi connectivity index (χ1v) is 7.86. The van der Waals surface area contributed by atoms with Crippen LogP contribution in [0.25, 0.3) is 0 Å². The molecule has 0 spiro atoms. The number of benzene rings is 1. The molecule has 114 valence electrons. The first kappa shape index (κ1) is 14.5. The zero-order chi connectivity index (χ0) is 14.8. The zero-order valence-electron chi connectivity index (χ0n) is 12.6. The van der Waals surface area contributed by atoms with E-state index >= 15 is 0 Å². The Bertz CT molecular complexity index is 477. The Morgan fingerprint density at radius 1 is 1.24 bits per heavy atom. The highest BCUT2D eigenvalue weighted by molar-refractivity contribution is 5.77. The summed E-state index contributed by atoms with van der Waals surface area (Å²) in [6.45, 7) is 0. The number of piperidine rings is 2. The van der Waals surface area contributed by atoms with Crippen LogP contribution in [-0.2, 0) is 9.53 Å². The van der Waals surface area contributed by atoms with Crippen LogP contribution in [0.5, 0.6) is 0 Å². The maximum Gasteiger partial charge on any atom is 0.327 e. The topological polar surface area (TPSA) is 55.6 Å². The van der Waals surface area contributed by atoms with Gasteiger partial charge in [0.15, 0.2) is 0 Å². The summed E-state index contributed by atoms with van der Waals surface area (Å²) >= 11 is 0. The van der Waals surface area contributed by atoms with E-state index in [1.807, 2.05) is 30.3 Å². The first-order chi connectivity index (χ1) is 10.2. The molecule has 2 fully saturated rings. The van der Waals surface area contributed by atoms with Gasteiger partial charge in [0.05, 0.1) is 7.11 Å². The highest BCUT2D eigenvalue weighted by Crippen LogP contribution is 2.40. The van der Waals surface area contributed by atoms with E-state index in [1.54, 1.807) is 0 Å². The molecule has 2 aliphatic heterocycles. The number of hydrogen-bond donors (Lipinski definition) is 1. The number of nitrogens with two attached hydrogens (primary N) is 1. The van der Waals surface area contributed by atoms with Gasteiger partial charge in [-0.25, -0.2) is 4.79 Å². The molecule has 3 unspecified atom stereocenters. The number of esters is 1. The van der Waals surface area contributed by atoms with E-state index in [1.165, 1.54) is 13.5 Å². The highest BCUT2D eigenvalue weighted by Gasteiger charge is 2.44. The molecule has 2 N–H and O–H groups in total. The molecule has 2 saturated heterocycles. The fourth-order valence-electron chi connectivity index (χ4n) is 4.06. The third kappa shape index (κ3) is 2.83. The van der Waals surface area contributed by atoms with E-state index in [2.05, 4.69) is 4.90 Å². The minimum Gasteiger partial charge on any atom is -0.468 e. The SMILES string of the molecule is COC(=O)C(c1ccccc1)N1C2CCCC1CC(N)C2. The van der Waals surface area contributed by atoms with Gasteiger partial charge in [0.2, 0.25) is 0 Å². The number of carbonyl (C=O) groups excluding carboxylic acids is 1. The average Bonchev–Trinajstić information content (AvgIpc) is 2.49. The van der Waals surface area contributed by atoms with E-state index in [4.69, 9.17) is 10.5 Å². The van der Waals surface area contributed by atoms with Crippen LogP contribution in [0.1, 0.15) is 43.7 Å². The Hall–Kier alpha value is -1.39. The second kappa shape index (κ2) is 6.16. The van der Waals surface area contributed by atoms with E-state index in [0.717, 1.165) is 31.2 Å². The minimum atomic E-state index is -0.293. The molecule has 0 radical (unpaired) electrons. The molecule has 2 bridgehead atoms. The van der Waals surface area contributed by atoms with Crippen molar-refractivity contribution in [1.29, 1.82) is 0 Å². The average molecular weight is 288 g/mol. The van der Waals surface area contributed by atoms with Crippen molar-refractivity contribution in [3.63, 3.8) is 0 Å². The smallest absolute Gasteiger partial charge is 0.327 e. The van der Waals surface area contributed by atoms with Crippen molar-refractivity contribution in [2.45, 2.75) is 56.3 Å². The van der Waals surface area contributed by atoms with Crippen LogP contribution < -0.4 is 5.73 Å². The summed E-state index contributed by atoms with van der Waals surface area (Å²) in [5.41, 5.74) is 7.22. The van der Waals surface area contributed by atoms with Crippen LogP contribution in [0.2, 0.25) is 0 Å². The van der Waals surface area contributed by atoms with Gasteiger partial charge >= 0.3 is 5.97 Å². The number of methoxy groups -OCH3 is 1. The first-order valence-electron chi connectivity index (χ1n) is 7.86. The van der Waals surface area contributed by atoms with Crippen molar-refractivity contribution in [3.05, 3.63) is 35.9 Å². The molecule has 2 aliphatic rings. The van der Waals surface area contributed by atoms with Crippen molar-refractivity contribution < 1.29 is 9.53 Å². The molecule has 4 nitrogen and oxygen atoms in total. The lowest BCUT2D eigenvalue weighted by atomic mass is 9.80. The Morgan fingerprint density at radius 2 is 1.86 bits per heavy atom. The predicted molar refractivity (Wildman–Crippen MR) is 81.7 cm³/mol. The lowest BCUT2D eigenvalue weighted by Gasteiger charge is -2.50. The van der Waals surface area contributed by atoms with Gasteiger partial charge in [-0.2, -0.15) is 0 Å². The minimum absolute atomic E-state index is 0.159. The van der Waals surface area contributed by atoms with Crippen LogP contribution in [0.4, 0.5) is 0 Å². The van der Waals surface area contributed by atoms with Crippen molar-refractivity contribution in [3.8, 4) is 0 Å². The zero-order valence-corrected chi connectivity index (χ0v) is 12.6. The highest BCUT2D eigenvalue weighted by atomic mass is 16.5. The van der Waals surface area contributed by atoms with E-state index in [-0.39, 0.29) is 18.1 Å². The molecular formula is C17H24N2O2. The molecular weight excluding hydrogens is 264 g/mol. The Kier molecular flexibility index (Phi) is 4.27. The molecule has 0 amide bonds. The van der Waals surface area contributed by atoms with E-state index in [9.17, 15) is 4.79 Å². The predicted octanol–water partition coefficient (Wildman–Crippen LogP) is 2.24. The summed E-state index contributed by atoms with van der Waals surface area (Å²) in [6.07, 6.45) is 5.46. The number of carbonyl (C=O) groups is 1. The maximum atomic E-state index is 12.4. The lowest BCUT2D eigenvalue weighted by molar-refractivity contribution is -0.152. The number of hydrogen-bond acceptors (Lipinski definition) is 4. The summed E-state index contributed by atoms with van der Waals surface area (Å²) in [5, 5.41) is 0. The number of nitrogens with zero attached hydrogens (tertiary/aromatic N) is 1. The lowest BCUT2D eigenvalue weighted by Crippen LogP contribution is -2.57. The van der Waals surface area contributed by atoms with Crippen LogP contribution in [0, 0.1) is 0 Å². The third-order valence-electron chi connectivity index (χ3n) is 4.91. The molecule has 3 atom stereocenters. The Labute approximate surface area is 126 Å². The summed E-state index contributed by atoms with van der Waals surface area (Å²) in [5.74, 6) is -0.159. The molecule has 2 heterocycles. The van der Waals surface area contributed by atoms with E-state index < -0.39 is 0 Å². The largest absolute Gasteiger partial charge is 0.468 e. The van der Waals surface area contributed by atoms with Gasteiger partial charge in [-0.1, -0.05) is 36.8 Å². The Balaban J connectivity index is 1.94. The molecule has 21 heavy (non-hydrogen) atoms. The second-order valence-corrected chi connectivity index (χ2v) is 6.25. The summed E-state index contributed by atoms with van der Waals surface area (Å²) in [4.78, 5) is 14.8. The summed E-state index contributed by atoms with van der Waals surface area (Å²) < 4.78 is 5.10. The fourth-order valence-corrected chi connectivity index (χ4v) is 4.06. The molecule has 1 aromatic rings. The van der Waals surface area contributed by atoms with Crippen molar-refractivity contribution >= 4 is 5.97 Å². The molecule has 4 heteroatoms. The molecule has 1 aromatic carbocycles. The van der Waals surface area contributed by atoms with Gasteiger partial charge in [-0.3, -0.25) is 4.90 Å². The van der Waals surface area contributed by atoms with Crippen molar-refractivity contribution in [1.82, 2.24) is 4.90 Å². The second-order valence-electron chi connectivity index (χ2n) is 6.25. The summed E-state index contributed by atoms with van der Waals surface area (Å²) in [7, 11) is 1.48. The van der Waals surface area contributed by atoms with Crippen LogP contribution >= 0.6 is 0 Å². The van der Waals surface area contributed by atoms with Gasteiger partial charge in [0.1, 0.15) is 6.04 Å². The molecule has 0 aromatic heterocycles. The van der Waals surface area contributed by atoms with Crippen LogP contribution in [0.3, 0.4) is 0 Å². The van der Waals surface area contributed by atoms with Crippen LogP contribution in [0.15, 0.2) is 30.3 Å². The number of rotatable bonds is 3. The normalized spacial score (nSPS) is 30.7. The standard InChI is InChI=1S/C17H24N2O2/c1-21-17(20)16(12-6-3-2-4-7-12)19-14-8-5-9-15(19)11-13(18)10-14/h2-4,6-7,13-16H,5,8-11,18H2,1H3. The van der Waals surface area contributed by atoms with Gasteiger partial charge in [-0.05, 0) is 31.2 Å². The third-order valence-corrected chi connectivity index (χ3v) is 4.91. The molecule has 0 saturated carbocycles. The monoisotopic (exact) mass is 288 g/mol. The molecule has 0 aliphatic carbocycles. The quantitative estimate of drug-likeness (QED) is 0.867. The number of fused-ring (bicyclic) bond motifs is 2. The number of ether oxygens (including phenoxy) is 1. The van der Waals surface area contributed by atoms with Crippen molar-refractivity contribution in [2.75, 3.05) is 7.11 Å². The summed E-state index contributed by atoms with van der Waals surface area (Å²) in [6, 6.07) is 10.8. The maximum absolute atomic E-state index is 12.4.